The molecule has 4 N–H and O–H groups in total. The van der Waals surface area contributed by atoms with E-state index in [-0.39, 0.29) is 55.1 Å². The molecular formula is C48H67N9O7. The smallest absolute Gasteiger partial charge is 0.323 e. The van der Waals surface area contributed by atoms with Crippen LogP contribution >= 0.6 is 0 Å². The molecule has 5 heterocycles. The van der Waals surface area contributed by atoms with Crippen molar-refractivity contribution in [3.8, 4) is 0 Å². The number of para-hydroxylation sites is 1. The fourth-order valence-corrected chi connectivity index (χ4v) is 9.35. The van der Waals surface area contributed by atoms with Crippen molar-refractivity contribution in [1.29, 1.82) is 0 Å². The van der Waals surface area contributed by atoms with Gasteiger partial charge in [0.25, 0.3) is 5.56 Å². The van der Waals surface area contributed by atoms with Crippen molar-refractivity contribution in [2.75, 3.05) is 66.0 Å². The van der Waals surface area contributed by atoms with E-state index in [0.717, 1.165) is 77.5 Å². The molecule has 7 rings (SSSR count). The molecule has 2 aromatic carbocycles. The van der Waals surface area contributed by atoms with Crippen LogP contribution in [-0.2, 0) is 37.0 Å². The van der Waals surface area contributed by atoms with E-state index < -0.39 is 18.1 Å². The minimum absolute atomic E-state index is 0.00689. The molecule has 3 fully saturated rings. The van der Waals surface area contributed by atoms with Gasteiger partial charge in [-0.05, 0) is 119 Å². The van der Waals surface area contributed by atoms with Crippen LogP contribution in [0.15, 0.2) is 53.5 Å². The van der Waals surface area contributed by atoms with E-state index in [4.69, 9.17) is 15.2 Å². The number of likely N-dealkylation sites (tertiary alicyclic amines) is 2. The van der Waals surface area contributed by atoms with Crippen LogP contribution in [0.4, 0.5) is 4.79 Å². The second-order valence-electron chi connectivity index (χ2n) is 18.4. The van der Waals surface area contributed by atoms with E-state index in [9.17, 15) is 24.0 Å². The molecule has 0 saturated carbocycles. The first kappa shape index (κ1) is 46.7. The summed E-state index contributed by atoms with van der Waals surface area (Å²) in [5.74, 6) is -0.805. The number of rotatable bonds is 16. The number of esters is 2. The molecule has 0 spiro atoms. The lowest BCUT2D eigenvalue weighted by Gasteiger charge is -2.43. The molecule has 16 nitrogen and oxygen atoms in total. The number of nitrogens with one attached hydrogen (secondary N) is 2. The lowest BCUT2D eigenvalue weighted by atomic mass is 9.89. The van der Waals surface area contributed by atoms with Gasteiger partial charge >= 0.3 is 18.0 Å². The highest BCUT2D eigenvalue weighted by Crippen LogP contribution is 2.28. The molecule has 64 heavy (non-hydrogen) atoms. The maximum Gasteiger partial charge on any atom is 0.323 e. The van der Waals surface area contributed by atoms with Gasteiger partial charge in [-0.25, -0.2) is 9.48 Å². The predicted molar refractivity (Wildman–Crippen MR) is 246 cm³/mol. The first-order valence-electron chi connectivity index (χ1n) is 23.3. The number of aromatic nitrogens is 3. The quantitative estimate of drug-likeness (QED) is 0.106. The van der Waals surface area contributed by atoms with Crippen LogP contribution < -0.4 is 16.6 Å². The number of benzene rings is 2. The number of aromatic amines is 1. The summed E-state index contributed by atoms with van der Waals surface area (Å²) in [6.45, 7) is 11.9. The highest BCUT2D eigenvalue weighted by Gasteiger charge is 2.34. The van der Waals surface area contributed by atoms with Crippen LogP contribution in [0.5, 0.6) is 0 Å². The van der Waals surface area contributed by atoms with Crippen LogP contribution in [0.3, 0.4) is 0 Å². The summed E-state index contributed by atoms with van der Waals surface area (Å²) in [4.78, 5) is 77.6. The summed E-state index contributed by atoms with van der Waals surface area (Å²) >= 11 is 0. The highest BCUT2D eigenvalue weighted by molar-refractivity contribution is 5.88. The van der Waals surface area contributed by atoms with Crippen LogP contribution in [0.1, 0.15) is 87.8 Å². The Morgan fingerprint density at radius 3 is 2.34 bits per heavy atom. The number of unbranched alkanes of at least 4 members (excludes halogenated alkanes) is 2. The normalized spacial score (nSPS) is 18.1. The number of pyridine rings is 1. The molecular weight excluding hydrogens is 815 g/mol. The lowest BCUT2D eigenvalue weighted by molar-refractivity contribution is -0.149. The van der Waals surface area contributed by atoms with Crippen molar-refractivity contribution in [2.45, 2.75) is 109 Å². The van der Waals surface area contributed by atoms with Crippen molar-refractivity contribution in [1.82, 2.24) is 39.7 Å². The molecule has 2 unspecified atom stereocenters. The zero-order valence-electron chi connectivity index (χ0n) is 38.1. The number of hydrogen-bond donors (Lipinski definition) is 3. The van der Waals surface area contributed by atoms with E-state index >= 15 is 0 Å². The highest BCUT2D eigenvalue weighted by atomic mass is 16.5. The summed E-state index contributed by atoms with van der Waals surface area (Å²) in [6.07, 6.45) is 7.86. The third kappa shape index (κ3) is 11.9. The monoisotopic (exact) mass is 882 g/mol. The Bertz CT molecular complexity index is 2300. The van der Waals surface area contributed by atoms with Gasteiger partial charge in [0.1, 0.15) is 12.1 Å². The number of piperazine rings is 1. The Morgan fingerprint density at radius 2 is 1.61 bits per heavy atom. The number of hydrogen-bond acceptors (Lipinski definition) is 11. The number of nitrogens with two attached hydrogens (primary N) is 1. The second kappa shape index (κ2) is 21.6. The third-order valence-electron chi connectivity index (χ3n) is 13.4. The number of amides is 3. The van der Waals surface area contributed by atoms with Gasteiger partial charge in [-0.15, -0.1) is 0 Å². The fourth-order valence-electron chi connectivity index (χ4n) is 9.35. The van der Waals surface area contributed by atoms with Crippen molar-refractivity contribution < 1.29 is 28.7 Å². The van der Waals surface area contributed by atoms with E-state index in [1.165, 1.54) is 0 Å². The number of urea groups is 1. The fraction of sp³-hybridized carbons (Fsp3) is 0.583. The molecule has 346 valence electrons. The number of H-pyrrole nitrogens is 1. The molecule has 3 aliphatic rings. The van der Waals surface area contributed by atoms with E-state index in [0.29, 0.717) is 70.7 Å². The number of piperidine rings is 2. The summed E-state index contributed by atoms with van der Waals surface area (Å²) in [6, 6.07) is 12.5. The largest absolute Gasteiger partial charge is 0.465 e. The molecule has 3 aliphatic heterocycles. The Balaban J connectivity index is 0.965. The summed E-state index contributed by atoms with van der Waals surface area (Å²) in [5.41, 5.74) is 9.85. The summed E-state index contributed by atoms with van der Waals surface area (Å²) < 4.78 is 12.4. The van der Waals surface area contributed by atoms with Gasteiger partial charge in [0.15, 0.2) is 6.73 Å². The molecule has 2 atom stereocenters. The van der Waals surface area contributed by atoms with Crippen LogP contribution in [0, 0.1) is 12.8 Å². The number of carbonyl (C=O) groups excluding carboxylic acids is 4. The Hall–Kier alpha value is -5.32. The molecule has 0 bridgehead atoms. The molecule has 16 heteroatoms. The van der Waals surface area contributed by atoms with Crippen LogP contribution in [0.25, 0.3) is 21.8 Å². The minimum atomic E-state index is -0.791. The first-order valence-corrected chi connectivity index (χ1v) is 23.3. The van der Waals surface area contributed by atoms with E-state index in [1.807, 2.05) is 74.3 Å². The molecule has 0 radical (unpaired) electrons. The van der Waals surface area contributed by atoms with Crippen molar-refractivity contribution in [3.63, 3.8) is 0 Å². The Kier molecular flexibility index (Phi) is 15.7. The lowest BCUT2D eigenvalue weighted by Crippen LogP contribution is -2.59. The standard InChI is InChI=1S/C48H67N9O7/c1-32(2)43(49)47(61)63-25-9-5-6-12-42(58)64-31-57-30-37-27-34(26-33(3)44(37)52-57)28-41(46(60)55-23-21-54(22-24-55)38-15-17-53(4)18-16-38)51-48(62)56-19-13-35(14-20-56)39-29-36-10-7-8-11-40(36)50-45(39)59/h7-8,10-11,26-27,29-30,32,35,38,41,43H,5-6,9,12-25,28,31,49H2,1-4H3,(H,50,59)(H,51,62). The van der Waals surface area contributed by atoms with Gasteiger partial charge in [-0.2, -0.15) is 5.10 Å². The maximum absolute atomic E-state index is 14.5. The molecule has 0 aliphatic carbocycles. The zero-order chi connectivity index (χ0) is 45.3. The van der Waals surface area contributed by atoms with E-state index in [1.54, 1.807) is 9.58 Å². The summed E-state index contributed by atoms with van der Waals surface area (Å²) in [7, 11) is 2.17. The number of nitrogens with zero attached hydrogens (tertiary/aromatic N) is 6. The first-order chi connectivity index (χ1) is 30.8. The average molecular weight is 882 g/mol. The zero-order valence-corrected chi connectivity index (χ0v) is 38.1. The van der Waals surface area contributed by atoms with Gasteiger partial charge in [0.05, 0.1) is 12.1 Å². The van der Waals surface area contributed by atoms with Crippen molar-refractivity contribution >= 4 is 45.7 Å². The van der Waals surface area contributed by atoms with Crippen molar-refractivity contribution in [2.24, 2.45) is 11.7 Å². The van der Waals surface area contributed by atoms with Crippen molar-refractivity contribution in [3.05, 3.63) is 75.7 Å². The maximum atomic E-state index is 14.5. The molecule has 3 amide bonds. The topological polar surface area (TPSA) is 188 Å². The van der Waals surface area contributed by atoms with Crippen LogP contribution in [0.2, 0.25) is 0 Å². The summed E-state index contributed by atoms with van der Waals surface area (Å²) in [5, 5.41) is 9.66. The predicted octanol–water partition coefficient (Wildman–Crippen LogP) is 4.51. The third-order valence-corrected chi connectivity index (χ3v) is 13.4. The molecule has 3 saturated heterocycles. The van der Waals surface area contributed by atoms with Crippen LogP contribution in [-0.4, -0.2) is 142 Å². The van der Waals surface area contributed by atoms with E-state index in [2.05, 4.69) is 32.2 Å². The Labute approximate surface area is 375 Å². The van der Waals surface area contributed by atoms with Gasteiger partial charge in [0.2, 0.25) is 5.91 Å². The Morgan fingerprint density at radius 1 is 0.875 bits per heavy atom. The molecule has 4 aromatic rings. The number of fused-ring (bicyclic) bond motifs is 2. The van der Waals surface area contributed by atoms with Gasteiger partial charge < -0.3 is 40.2 Å². The van der Waals surface area contributed by atoms with Gasteiger partial charge in [-0.3, -0.25) is 24.1 Å². The van der Waals surface area contributed by atoms with Gasteiger partial charge in [-0.1, -0.05) is 38.1 Å². The minimum Gasteiger partial charge on any atom is -0.465 e. The number of ether oxygens (including phenoxy) is 2. The number of aryl methyl sites for hydroxylation is 1. The SMILES string of the molecule is Cc1cc(CC(NC(=O)N2CCC(c3cc4ccccc4[nH]c3=O)CC2)C(=O)N2CCN(C3CCN(C)CC3)CC2)cc2cn(COC(=O)CCCCCOC(=O)C(N)C(C)C)nc12. The number of carbonyl (C=O) groups is 4. The average Bonchev–Trinajstić information content (AvgIpc) is 3.72. The molecule has 2 aromatic heterocycles. The van der Waals surface area contributed by atoms with Gasteiger partial charge in [0, 0.05) is 80.8 Å². The second-order valence-corrected chi connectivity index (χ2v) is 18.4.